The van der Waals surface area contributed by atoms with Crippen molar-refractivity contribution in [3.05, 3.63) is 35.1 Å². The van der Waals surface area contributed by atoms with Crippen LogP contribution in [0.15, 0.2) is 18.2 Å². The lowest BCUT2D eigenvalue weighted by Gasteiger charge is -2.29. The van der Waals surface area contributed by atoms with Crippen LogP contribution < -0.4 is 5.73 Å². The zero-order valence-corrected chi connectivity index (χ0v) is 12.3. The van der Waals surface area contributed by atoms with Crippen LogP contribution in [0.4, 0.5) is 4.39 Å². The van der Waals surface area contributed by atoms with E-state index in [4.69, 9.17) is 5.73 Å². The first kappa shape index (κ1) is 15.2. The third kappa shape index (κ3) is 4.09. The fraction of sp³-hybridized carbons (Fsp3) is 0.625. The van der Waals surface area contributed by atoms with Gasteiger partial charge in [-0.25, -0.2) is 4.39 Å². The summed E-state index contributed by atoms with van der Waals surface area (Å²) in [6, 6.07) is 5.33. The van der Waals surface area contributed by atoms with E-state index in [1.54, 1.807) is 13.0 Å². The quantitative estimate of drug-likeness (QED) is 0.825. The van der Waals surface area contributed by atoms with E-state index >= 15 is 0 Å². The van der Waals surface area contributed by atoms with Crippen molar-refractivity contribution in [2.75, 3.05) is 0 Å². The molecule has 0 fully saturated rings. The molecule has 1 nitrogen and oxygen atoms in total. The molecule has 2 atom stereocenters. The van der Waals surface area contributed by atoms with Gasteiger partial charge in [-0.3, -0.25) is 0 Å². The molecule has 0 heterocycles. The first-order chi connectivity index (χ1) is 8.22. The van der Waals surface area contributed by atoms with Crippen LogP contribution >= 0.6 is 0 Å². The van der Waals surface area contributed by atoms with E-state index in [1.807, 2.05) is 19.1 Å². The van der Waals surface area contributed by atoms with Crippen LogP contribution in [0.3, 0.4) is 0 Å². The third-order valence-corrected chi connectivity index (χ3v) is 3.48. The minimum atomic E-state index is -0.456. The Morgan fingerprint density at radius 2 is 1.89 bits per heavy atom. The third-order valence-electron chi connectivity index (χ3n) is 3.48. The molecule has 0 saturated carbocycles. The molecule has 0 amide bonds. The highest BCUT2D eigenvalue weighted by Crippen LogP contribution is 2.29. The second kappa shape index (κ2) is 5.83. The number of benzene rings is 1. The van der Waals surface area contributed by atoms with Crippen LogP contribution in [-0.2, 0) is 5.54 Å². The minimum Gasteiger partial charge on any atom is -0.322 e. The Kier molecular flexibility index (Phi) is 4.92. The molecule has 2 unspecified atom stereocenters. The van der Waals surface area contributed by atoms with Crippen LogP contribution in [0.5, 0.6) is 0 Å². The van der Waals surface area contributed by atoms with E-state index in [-0.39, 0.29) is 5.82 Å². The zero-order chi connectivity index (χ0) is 13.9. The molecule has 0 saturated heterocycles. The molecule has 0 aliphatic rings. The number of rotatable bonds is 5. The van der Waals surface area contributed by atoms with Crippen LogP contribution in [0.25, 0.3) is 0 Å². The molecule has 0 spiro atoms. The highest BCUT2D eigenvalue weighted by atomic mass is 19.1. The maximum atomic E-state index is 13.6. The molecule has 0 radical (unpaired) electrons. The van der Waals surface area contributed by atoms with Gasteiger partial charge in [0.15, 0.2) is 0 Å². The van der Waals surface area contributed by atoms with Gasteiger partial charge in [-0.05, 0) is 55.7 Å². The molecule has 1 aromatic carbocycles. The Morgan fingerprint density at radius 3 is 2.39 bits per heavy atom. The van der Waals surface area contributed by atoms with Crippen molar-refractivity contribution in [1.82, 2.24) is 0 Å². The van der Waals surface area contributed by atoms with Crippen molar-refractivity contribution >= 4 is 0 Å². The van der Waals surface area contributed by atoms with E-state index < -0.39 is 5.54 Å². The number of hydrogen-bond acceptors (Lipinski definition) is 1. The Hall–Kier alpha value is -0.890. The normalized spacial score (nSPS) is 16.7. The van der Waals surface area contributed by atoms with Crippen molar-refractivity contribution in [3.63, 3.8) is 0 Å². The van der Waals surface area contributed by atoms with Crippen LogP contribution in [0.1, 0.15) is 51.7 Å². The number of halogens is 1. The number of nitrogens with two attached hydrogens (primary N) is 1. The summed E-state index contributed by atoms with van der Waals surface area (Å²) in [5.74, 6) is 1.05. The van der Waals surface area contributed by atoms with Crippen LogP contribution in [0.2, 0.25) is 0 Å². The number of aryl methyl sites for hydroxylation is 1. The lowest BCUT2D eigenvalue weighted by molar-refractivity contribution is 0.319. The SMILES string of the molecule is Cc1ccc(C(C)(N)CC(C)CC(C)C)cc1F. The lowest BCUT2D eigenvalue weighted by Crippen LogP contribution is -2.35. The fourth-order valence-corrected chi connectivity index (χ4v) is 2.68. The summed E-state index contributed by atoms with van der Waals surface area (Å²) in [6.07, 6.45) is 2.04. The van der Waals surface area contributed by atoms with Crippen molar-refractivity contribution in [2.24, 2.45) is 17.6 Å². The summed E-state index contributed by atoms with van der Waals surface area (Å²) < 4.78 is 13.6. The summed E-state index contributed by atoms with van der Waals surface area (Å²) >= 11 is 0. The topological polar surface area (TPSA) is 26.0 Å². The van der Waals surface area contributed by atoms with E-state index in [0.717, 1.165) is 18.4 Å². The summed E-state index contributed by atoms with van der Waals surface area (Å²) in [5, 5.41) is 0. The Labute approximate surface area is 111 Å². The smallest absolute Gasteiger partial charge is 0.126 e. The molecule has 2 N–H and O–H groups in total. The van der Waals surface area contributed by atoms with Crippen molar-refractivity contribution in [1.29, 1.82) is 0 Å². The molecule has 102 valence electrons. The molecule has 1 aromatic rings. The van der Waals surface area contributed by atoms with Gasteiger partial charge in [-0.2, -0.15) is 0 Å². The Morgan fingerprint density at radius 1 is 1.28 bits per heavy atom. The summed E-state index contributed by atoms with van der Waals surface area (Å²) in [4.78, 5) is 0. The molecule has 18 heavy (non-hydrogen) atoms. The van der Waals surface area contributed by atoms with E-state index in [0.29, 0.717) is 17.4 Å². The second-order valence-electron chi connectivity index (χ2n) is 6.32. The van der Waals surface area contributed by atoms with E-state index in [1.165, 1.54) is 0 Å². The minimum absolute atomic E-state index is 0.166. The van der Waals surface area contributed by atoms with Crippen LogP contribution in [-0.4, -0.2) is 0 Å². The van der Waals surface area contributed by atoms with Gasteiger partial charge in [0.1, 0.15) is 5.82 Å². The average Bonchev–Trinajstić information content (AvgIpc) is 2.19. The number of hydrogen-bond donors (Lipinski definition) is 1. The molecular formula is C16H26FN. The van der Waals surface area contributed by atoms with Crippen molar-refractivity contribution in [2.45, 2.75) is 53.0 Å². The molecule has 0 aliphatic heterocycles. The summed E-state index contributed by atoms with van der Waals surface area (Å²) in [7, 11) is 0. The van der Waals surface area contributed by atoms with Gasteiger partial charge in [-0.1, -0.05) is 32.9 Å². The molecule has 0 aromatic heterocycles. The molecule has 2 heteroatoms. The fourth-order valence-electron chi connectivity index (χ4n) is 2.68. The lowest BCUT2D eigenvalue weighted by atomic mass is 9.81. The Balaban J connectivity index is 2.81. The highest BCUT2D eigenvalue weighted by Gasteiger charge is 2.25. The second-order valence-corrected chi connectivity index (χ2v) is 6.32. The molecule has 0 aliphatic carbocycles. The maximum Gasteiger partial charge on any atom is 0.126 e. The van der Waals surface area contributed by atoms with E-state index in [2.05, 4.69) is 20.8 Å². The van der Waals surface area contributed by atoms with Gasteiger partial charge in [0.25, 0.3) is 0 Å². The highest BCUT2D eigenvalue weighted by molar-refractivity contribution is 5.28. The summed E-state index contributed by atoms with van der Waals surface area (Å²) in [6.45, 7) is 10.4. The zero-order valence-electron chi connectivity index (χ0n) is 12.3. The molecule has 1 rings (SSSR count). The van der Waals surface area contributed by atoms with Gasteiger partial charge < -0.3 is 5.73 Å². The van der Waals surface area contributed by atoms with Gasteiger partial charge in [0, 0.05) is 5.54 Å². The van der Waals surface area contributed by atoms with Crippen LogP contribution in [0, 0.1) is 24.6 Å². The van der Waals surface area contributed by atoms with E-state index in [9.17, 15) is 4.39 Å². The first-order valence-corrected chi connectivity index (χ1v) is 6.78. The van der Waals surface area contributed by atoms with Gasteiger partial charge in [0.2, 0.25) is 0 Å². The molecule has 0 bridgehead atoms. The summed E-state index contributed by atoms with van der Waals surface area (Å²) in [5.41, 5.74) is 7.47. The maximum absolute atomic E-state index is 13.6. The average molecular weight is 251 g/mol. The monoisotopic (exact) mass is 251 g/mol. The first-order valence-electron chi connectivity index (χ1n) is 6.78. The largest absolute Gasteiger partial charge is 0.322 e. The predicted molar refractivity (Wildman–Crippen MR) is 75.9 cm³/mol. The van der Waals surface area contributed by atoms with Crippen molar-refractivity contribution in [3.8, 4) is 0 Å². The van der Waals surface area contributed by atoms with Gasteiger partial charge in [0.05, 0.1) is 0 Å². The van der Waals surface area contributed by atoms with Gasteiger partial charge in [-0.15, -0.1) is 0 Å². The predicted octanol–water partition coefficient (Wildman–Crippen LogP) is 4.38. The van der Waals surface area contributed by atoms with Gasteiger partial charge >= 0.3 is 0 Å². The molecular weight excluding hydrogens is 225 g/mol. The Bertz CT molecular complexity index is 396. The standard InChI is InChI=1S/C16H26FN/c1-11(2)8-12(3)10-16(5,18)14-7-6-13(4)15(17)9-14/h6-7,9,11-12H,8,10,18H2,1-5H3. The van der Waals surface area contributed by atoms with Crippen molar-refractivity contribution < 1.29 is 4.39 Å².